The van der Waals surface area contributed by atoms with Gasteiger partial charge in [-0.1, -0.05) is 24.3 Å². The average molecular weight is 425 g/mol. The lowest BCUT2D eigenvalue weighted by molar-refractivity contribution is -0.122. The standard InChI is InChI=1S/C22H17F2N3O2S/c1-13(19-7-4-10-30-19)25-20(28)12-27-22(29)16-6-3-2-5-15(16)21(26-27)14-8-9-17(23)18(24)11-14/h2-11,13H,12H2,1H3,(H,25,28). The molecule has 0 saturated heterocycles. The van der Waals surface area contributed by atoms with Crippen LogP contribution in [0.2, 0.25) is 0 Å². The third kappa shape index (κ3) is 3.86. The number of carbonyl (C=O) groups excluding carboxylic acids is 1. The topological polar surface area (TPSA) is 64.0 Å². The van der Waals surface area contributed by atoms with Crippen LogP contribution in [0.1, 0.15) is 17.8 Å². The molecule has 1 unspecified atom stereocenters. The van der Waals surface area contributed by atoms with Gasteiger partial charge in [-0.15, -0.1) is 11.3 Å². The molecule has 2 aromatic carbocycles. The normalized spacial score (nSPS) is 12.1. The summed E-state index contributed by atoms with van der Waals surface area (Å²) in [5.74, 6) is -2.37. The van der Waals surface area contributed by atoms with Crippen LogP contribution < -0.4 is 10.9 Å². The first-order valence-electron chi connectivity index (χ1n) is 9.22. The van der Waals surface area contributed by atoms with Crippen LogP contribution in [-0.2, 0) is 11.3 Å². The Labute approximate surface area is 174 Å². The van der Waals surface area contributed by atoms with E-state index in [1.807, 2.05) is 24.4 Å². The minimum Gasteiger partial charge on any atom is -0.347 e. The molecular weight excluding hydrogens is 408 g/mol. The van der Waals surface area contributed by atoms with Gasteiger partial charge in [-0.05, 0) is 42.6 Å². The van der Waals surface area contributed by atoms with Crippen molar-refractivity contribution in [3.8, 4) is 11.3 Å². The summed E-state index contributed by atoms with van der Waals surface area (Å²) in [5.41, 5.74) is 0.172. The van der Waals surface area contributed by atoms with Crippen molar-refractivity contribution in [2.24, 2.45) is 0 Å². The maximum Gasteiger partial charge on any atom is 0.275 e. The number of fused-ring (bicyclic) bond motifs is 1. The van der Waals surface area contributed by atoms with E-state index >= 15 is 0 Å². The quantitative estimate of drug-likeness (QED) is 0.519. The molecule has 1 atom stereocenters. The Balaban J connectivity index is 1.73. The van der Waals surface area contributed by atoms with Crippen molar-refractivity contribution < 1.29 is 13.6 Å². The summed E-state index contributed by atoms with van der Waals surface area (Å²) in [7, 11) is 0. The number of amides is 1. The summed E-state index contributed by atoms with van der Waals surface area (Å²) in [6.45, 7) is 1.56. The van der Waals surface area contributed by atoms with E-state index in [1.54, 1.807) is 24.3 Å². The van der Waals surface area contributed by atoms with E-state index in [-0.39, 0.29) is 18.5 Å². The van der Waals surface area contributed by atoms with Crippen LogP contribution in [0.3, 0.4) is 0 Å². The number of thiophene rings is 1. The van der Waals surface area contributed by atoms with Gasteiger partial charge in [-0.2, -0.15) is 5.10 Å². The van der Waals surface area contributed by atoms with E-state index < -0.39 is 17.2 Å². The second kappa shape index (κ2) is 8.16. The monoisotopic (exact) mass is 425 g/mol. The zero-order valence-electron chi connectivity index (χ0n) is 15.9. The highest BCUT2D eigenvalue weighted by atomic mass is 32.1. The van der Waals surface area contributed by atoms with Crippen molar-refractivity contribution in [2.75, 3.05) is 0 Å². The molecule has 4 aromatic rings. The van der Waals surface area contributed by atoms with Crippen molar-refractivity contribution in [1.29, 1.82) is 0 Å². The summed E-state index contributed by atoms with van der Waals surface area (Å²) in [6.07, 6.45) is 0. The molecule has 0 spiro atoms. The Hall–Kier alpha value is -3.39. The molecule has 1 N–H and O–H groups in total. The highest BCUT2D eigenvalue weighted by Crippen LogP contribution is 2.26. The lowest BCUT2D eigenvalue weighted by atomic mass is 10.0. The largest absolute Gasteiger partial charge is 0.347 e. The number of benzene rings is 2. The average Bonchev–Trinajstić information content (AvgIpc) is 3.27. The molecule has 5 nitrogen and oxygen atoms in total. The predicted octanol–water partition coefficient (Wildman–Crippen LogP) is 4.28. The maximum absolute atomic E-state index is 13.8. The van der Waals surface area contributed by atoms with Crippen LogP contribution in [0.5, 0.6) is 0 Å². The van der Waals surface area contributed by atoms with Gasteiger partial charge >= 0.3 is 0 Å². The number of carbonyl (C=O) groups is 1. The van der Waals surface area contributed by atoms with Crippen LogP contribution >= 0.6 is 11.3 Å². The van der Waals surface area contributed by atoms with Crippen LogP contribution in [0.15, 0.2) is 64.8 Å². The molecule has 0 radical (unpaired) electrons. The number of rotatable bonds is 5. The Kier molecular flexibility index (Phi) is 5.41. The van der Waals surface area contributed by atoms with Crippen molar-refractivity contribution in [1.82, 2.24) is 15.1 Å². The first kappa shape index (κ1) is 19.9. The van der Waals surface area contributed by atoms with Crippen molar-refractivity contribution in [2.45, 2.75) is 19.5 Å². The number of nitrogens with zero attached hydrogens (tertiary/aromatic N) is 2. The number of halogens is 2. The van der Waals surface area contributed by atoms with Gasteiger partial charge in [0.2, 0.25) is 5.91 Å². The Morgan fingerprint density at radius 1 is 1.10 bits per heavy atom. The second-order valence-electron chi connectivity index (χ2n) is 6.79. The van der Waals surface area contributed by atoms with Crippen molar-refractivity contribution in [3.63, 3.8) is 0 Å². The number of hydrogen-bond donors (Lipinski definition) is 1. The zero-order valence-corrected chi connectivity index (χ0v) is 16.7. The summed E-state index contributed by atoms with van der Waals surface area (Å²) < 4.78 is 28.2. The van der Waals surface area contributed by atoms with E-state index in [1.165, 1.54) is 17.4 Å². The number of hydrogen-bond acceptors (Lipinski definition) is 4. The predicted molar refractivity (Wildman–Crippen MR) is 112 cm³/mol. The fourth-order valence-electron chi connectivity index (χ4n) is 3.23. The lowest BCUT2D eigenvalue weighted by Gasteiger charge is -2.14. The fourth-order valence-corrected chi connectivity index (χ4v) is 3.97. The van der Waals surface area contributed by atoms with Gasteiger partial charge < -0.3 is 5.32 Å². The molecule has 0 saturated carbocycles. The molecule has 0 aliphatic rings. The summed E-state index contributed by atoms with van der Waals surface area (Å²) in [5, 5.41) is 9.91. The van der Waals surface area contributed by atoms with Crippen LogP contribution in [0, 0.1) is 11.6 Å². The van der Waals surface area contributed by atoms with E-state index in [4.69, 9.17) is 0 Å². The molecule has 30 heavy (non-hydrogen) atoms. The third-order valence-corrected chi connectivity index (χ3v) is 5.76. The minimum absolute atomic E-state index is 0.209. The van der Waals surface area contributed by atoms with Crippen LogP contribution in [-0.4, -0.2) is 15.7 Å². The van der Waals surface area contributed by atoms with E-state index in [2.05, 4.69) is 10.4 Å². The molecule has 8 heteroatoms. The van der Waals surface area contributed by atoms with Gasteiger partial charge in [0.15, 0.2) is 11.6 Å². The molecule has 1 amide bonds. The highest BCUT2D eigenvalue weighted by molar-refractivity contribution is 7.10. The molecule has 2 heterocycles. The smallest absolute Gasteiger partial charge is 0.275 e. The molecule has 4 rings (SSSR count). The van der Waals surface area contributed by atoms with Gasteiger partial charge in [0.05, 0.1) is 17.1 Å². The van der Waals surface area contributed by atoms with Crippen LogP contribution in [0.25, 0.3) is 22.0 Å². The minimum atomic E-state index is -1.02. The molecular formula is C22H17F2N3O2S. The van der Waals surface area contributed by atoms with Crippen molar-refractivity contribution in [3.05, 3.63) is 86.8 Å². The van der Waals surface area contributed by atoms with Crippen molar-refractivity contribution >= 4 is 28.0 Å². The van der Waals surface area contributed by atoms with Gasteiger partial charge in [0.25, 0.3) is 5.56 Å². The summed E-state index contributed by atoms with van der Waals surface area (Å²) >= 11 is 1.52. The molecule has 152 valence electrons. The maximum atomic E-state index is 13.8. The fraction of sp³-hybridized carbons (Fsp3) is 0.136. The molecule has 0 fully saturated rings. The van der Waals surface area contributed by atoms with Crippen LogP contribution in [0.4, 0.5) is 8.78 Å². The summed E-state index contributed by atoms with van der Waals surface area (Å²) in [4.78, 5) is 26.4. The molecule has 0 aliphatic carbocycles. The SMILES string of the molecule is CC(NC(=O)Cn1nc(-c2ccc(F)c(F)c2)c2ccccc2c1=O)c1cccs1. The van der Waals surface area contributed by atoms with E-state index in [9.17, 15) is 18.4 Å². The Bertz CT molecular complexity index is 1290. The molecule has 0 bridgehead atoms. The van der Waals surface area contributed by atoms with Gasteiger partial charge in [-0.25, -0.2) is 13.5 Å². The zero-order chi connectivity index (χ0) is 21.3. The van der Waals surface area contributed by atoms with Gasteiger partial charge in [-0.3, -0.25) is 9.59 Å². The molecule has 2 aromatic heterocycles. The Morgan fingerprint density at radius 2 is 1.87 bits per heavy atom. The Morgan fingerprint density at radius 3 is 2.57 bits per heavy atom. The first-order chi connectivity index (χ1) is 14.4. The molecule has 0 aliphatic heterocycles. The second-order valence-corrected chi connectivity index (χ2v) is 7.77. The van der Waals surface area contributed by atoms with Gasteiger partial charge in [0, 0.05) is 15.8 Å². The lowest BCUT2D eigenvalue weighted by Crippen LogP contribution is -2.35. The van der Waals surface area contributed by atoms with E-state index in [0.29, 0.717) is 22.0 Å². The third-order valence-electron chi connectivity index (χ3n) is 4.70. The summed E-state index contributed by atoms with van der Waals surface area (Å²) in [6, 6.07) is 13.7. The first-order valence-corrected chi connectivity index (χ1v) is 10.1. The number of aromatic nitrogens is 2. The number of nitrogens with one attached hydrogen (secondary N) is 1. The highest BCUT2D eigenvalue weighted by Gasteiger charge is 2.17. The van der Waals surface area contributed by atoms with E-state index in [0.717, 1.165) is 21.7 Å². The van der Waals surface area contributed by atoms with Gasteiger partial charge in [0.1, 0.15) is 6.54 Å².